The van der Waals surface area contributed by atoms with Crippen molar-refractivity contribution < 1.29 is 0 Å². The first-order valence-electron chi connectivity index (χ1n) is 20.6. The summed E-state index contributed by atoms with van der Waals surface area (Å²) in [6.45, 7) is 14.6. The summed E-state index contributed by atoms with van der Waals surface area (Å²) >= 11 is 0. The normalized spacial score (nSPS) is 35.1. The smallest absolute Gasteiger partial charge is 0.0728 e. The van der Waals surface area contributed by atoms with E-state index in [1.165, 1.54) is 108 Å². The fraction of sp³-hybridized carbons (Fsp3) is 0.562. The highest BCUT2D eigenvalue weighted by Crippen LogP contribution is 2.76. The van der Waals surface area contributed by atoms with Crippen molar-refractivity contribution in [3.05, 3.63) is 70.0 Å². The highest BCUT2D eigenvalue weighted by molar-refractivity contribution is 6.32. The second-order valence-electron chi connectivity index (χ2n) is 21.3. The number of hydrogen-bond acceptors (Lipinski definition) is 1. The van der Waals surface area contributed by atoms with E-state index in [4.69, 9.17) is 4.98 Å². The van der Waals surface area contributed by atoms with Crippen molar-refractivity contribution in [1.82, 2.24) is 9.38 Å². The Kier molecular flexibility index (Phi) is 4.87. The van der Waals surface area contributed by atoms with Crippen LogP contribution in [0, 0.1) is 29.1 Å². The lowest BCUT2D eigenvalue weighted by atomic mass is 9.56. The summed E-state index contributed by atoms with van der Waals surface area (Å²) in [5.41, 5.74) is 14.8. The average molecular weight is 657 g/mol. The molecule has 5 fully saturated rings. The molecule has 2 nitrogen and oxygen atoms in total. The Labute approximate surface area is 296 Å². The van der Waals surface area contributed by atoms with Crippen molar-refractivity contribution >= 4 is 48.9 Å². The Morgan fingerprint density at radius 2 is 1.36 bits per heavy atom. The zero-order valence-corrected chi connectivity index (χ0v) is 31.0. The van der Waals surface area contributed by atoms with Crippen LogP contribution in [0.1, 0.15) is 163 Å². The number of benzene rings is 3. The summed E-state index contributed by atoms with van der Waals surface area (Å²) in [5.74, 6) is 6.59. The fourth-order valence-corrected chi connectivity index (χ4v) is 15.1. The number of nitrogens with zero attached hydrogens (tertiary/aromatic N) is 2. The Balaban J connectivity index is 1.25. The van der Waals surface area contributed by atoms with Crippen molar-refractivity contribution in [3.63, 3.8) is 0 Å². The monoisotopic (exact) mass is 656 g/mol. The van der Waals surface area contributed by atoms with Gasteiger partial charge in [0.2, 0.25) is 0 Å². The molecular weight excluding hydrogens is 605 g/mol. The molecule has 1 spiro atoms. The summed E-state index contributed by atoms with van der Waals surface area (Å²) in [6.07, 6.45) is 16.6. The third-order valence-electron chi connectivity index (χ3n) is 16.9. The van der Waals surface area contributed by atoms with E-state index in [0.29, 0.717) is 23.2 Å². The first-order valence-corrected chi connectivity index (χ1v) is 20.6. The molecule has 3 aromatic carbocycles. The minimum Gasteiger partial charge on any atom is -0.306 e. The van der Waals surface area contributed by atoms with Crippen molar-refractivity contribution in [2.24, 2.45) is 29.1 Å². The maximum Gasteiger partial charge on any atom is 0.0728 e. The summed E-state index contributed by atoms with van der Waals surface area (Å²) < 4.78 is 2.76. The van der Waals surface area contributed by atoms with Crippen molar-refractivity contribution in [1.29, 1.82) is 0 Å². The van der Waals surface area contributed by atoms with E-state index in [0.717, 1.165) is 29.6 Å². The van der Waals surface area contributed by atoms with E-state index < -0.39 is 0 Å². The second kappa shape index (κ2) is 8.56. The van der Waals surface area contributed by atoms with Crippen molar-refractivity contribution in [2.75, 3.05) is 0 Å². The molecule has 2 heteroatoms. The standard InChI is InChI=1S/C48H52N2/c1-46(2,3)29-17-34-33(36(18-29)47(4,5)6)19-35-41-37(8-7-32-25-10-23-9-24(11-25)13-26(12-23)39(32)41)50-38-22-49-44-28-15-31-16-30-14-27(20-48(30,31)21-28)40(44)43(38)42(34)45(35)50/h7-8,17-19,22-28,30-31H,9-16,20-21H2,1-6H3. The van der Waals surface area contributed by atoms with Gasteiger partial charge in [-0.25, -0.2) is 0 Å². The van der Waals surface area contributed by atoms with Gasteiger partial charge in [-0.1, -0.05) is 53.7 Å². The van der Waals surface area contributed by atoms with Gasteiger partial charge >= 0.3 is 0 Å². The van der Waals surface area contributed by atoms with Crippen LogP contribution in [0.15, 0.2) is 36.5 Å². The van der Waals surface area contributed by atoms with Crippen LogP contribution < -0.4 is 0 Å². The minimum atomic E-state index is 0.0432. The molecule has 0 amide bonds. The molecule has 50 heavy (non-hydrogen) atoms. The van der Waals surface area contributed by atoms with E-state index in [1.807, 2.05) is 0 Å². The molecule has 8 aliphatic rings. The maximum atomic E-state index is 5.60. The molecule has 8 aliphatic carbocycles. The molecule has 6 aromatic rings. The van der Waals surface area contributed by atoms with Gasteiger partial charge in [-0.15, -0.1) is 0 Å². The van der Waals surface area contributed by atoms with Crippen LogP contribution in [0.2, 0.25) is 0 Å². The lowest BCUT2D eigenvalue weighted by Crippen LogP contribution is -2.41. The number of pyridine rings is 1. The quantitative estimate of drug-likeness (QED) is 0.159. The van der Waals surface area contributed by atoms with Gasteiger partial charge in [-0.2, -0.15) is 0 Å². The molecular formula is C48H52N2. The topological polar surface area (TPSA) is 17.3 Å². The van der Waals surface area contributed by atoms with Gasteiger partial charge in [-0.05, 0) is 179 Å². The summed E-state index contributed by atoms with van der Waals surface area (Å²) in [7, 11) is 0. The van der Waals surface area contributed by atoms with Crippen molar-refractivity contribution in [3.8, 4) is 0 Å². The summed E-state index contributed by atoms with van der Waals surface area (Å²) in [6, 6.07) is 13.1. The van der Waals surface area contributed by atoms with Crippen LogP contribution in [0.4, 0.5) is 0 Å². The molecule has 7 bridgehead atoms. The van der Waals surface area contributed by atoms with Crippen LogP contribution in [-0.2, 0) is 10.8 Å². The summed E-state index contributed by atoms with van der Waals surface area (Å²) in [4.78, 5) is 5.60. The first-order chi connectivity index (χ1) is 24.0. The van der Waals surface area contributed by atoms with E-state index in [9.17, 15) is 0 Å². The zero-order chi connectivity index (χ0) is 33.4. The van der Waals surface area contributed by atoms with Crippen LogP contribution in [0.3, 0.4) is 0 Å². The van der Waals surface area contributed by atoms with Crippen LogP contribution in [0.25, 0.3) is 48.9 Å². The van der Waals surface area contributed by atoms with Crippen LogP contribution in [0.5, 0.6) is 0 Å². The molecule has 0 saturated heterocycles. The third kappa shape index (κ3) is 3.18. The number of aromatic nitrogens is 2. The molecule has 0 N–H and O–H groups in total. The SMILES string of the molecule is CC(C)(C)c1cc(C(C)(C)C)c2cc3c4c5c(ccc4n4c6cnc7c(c6c(c2c1)c34)C1CC2CC3CC7CC32C1)C1CC2CC(C1)CC5C2. The minimum absolute atomic E-state index is 0.0432. The van der Waals surface area contributed by atoms with Gasteiger partial charge in [0.1, 0.15) is 0 Å². The lowest BCUT2D eigenvalue weighted by Gasteiger charge is -2.48. The Morgan fingerprint density at radius 1 is 0.620 bits per heavy atom. The molecule has 3 aromatic heterocycles. The van der Waals surface area contributed by atoms with Crippen molar-refractivity contribution in [2.45, 2.75) is 140 Å². The number of hydrogen-bond donors (Lipinski definition) is 0. The van der Waals surface area contributed by atoms with E-state index >= 15 is 0 Å². The molecule has 14 rings (SSSR count). The van der Waals surface area contributed by atoms with Gasteiger partial charge < -0.3 is 4.40 Å². The maximum absolute atomic E-state index is 5.60. The highest BCUT2D eigenvalue weighted by atomic mass is 14.9. The molecule has 7 unspecified atom stereocenters. The molecule has 254 valence electrons. The summed E-state index contributed by atoms with van der Waals surface area (Å²) in [5, 5.41) is 9.32. The largest absolute Gasteiger partial charge is 0.306 e. The van der Waals surface area contributed by atoms with Crippen LogP contribution in [-0.4, -0.2) is 9.38 Å². The van der Waals surface area contributed by atoms with Crippen LogP contribution >= 0.6 is 0 Å². The molecule has 0 aliphatic heterocycles. The lowest BCUT2D eigenvalue weighted by molar-refractivity contribution is 0.00321. The Hall–Kier alpha value is -3.13. The molecule has 7 atom stereocenters. The van der Waals surface area contributed by atoms with Gasteiger partial charge in [0.15, 0.2) is 0 Å². The van der Waals surface area contributed by atoms with Gasteiger partial charge in [0, 0.05) is 33.2 Å². The molecule has 3 heterocycles. The van der Waals surface area contributed by atoms with E-state index in [2.05, 4.69) is 82.5 Å². The van der Waals surface area contributed by atoms with Gasteiger partial charge in [0.05, 0.1) is 22.7 Å². The van der Waals surface area contributed by atoms with E-state index in [1.54, 1.807) is 38.2 Å². The Bertz CT molecular complexity index is 2520. The predicted molar refractivity (Wildman–Crippen MR) is 207 cm³/mol. The van der Waals surface area contributed by atoms with E-state index in [-0.39, 0.29) is 10.8 Å². The third-order valence-corrected chi connectivity index (χ3v) is 16.9. The molecule has 5 saturated carbocycles. The Morgan fingerprint density at radius 3 is 2.12 bits per heavy atom. The fourth-order valence-electron chi connectivity index (χ4n) is 15.1. The predicted octanol–water partition coefficient (Wildman–Crippen LogP) is 12.8. The number of rotatable bonds is 0. The first kappa shape index (κ1) is 28.5. The molecule has 0 radical (unpaired) electrons. The highest BCUT2D eigenvalue weighted by Gasteiger charge is 2.66. The zero-order valence-electron chi connectivity index (χ0n) is 31.0. The average Bonchev–Trinajstić information content (AvgIpc) is 3.70. The number of fused-ring (bicyclic) bond motifs is 14. The second-order valence-corrected chi connectivity index (χ2v) is 21.3. The van der Waals surface area contributed by atoms with Gasteiger partial charge in [0.25, 0.3) is 0 Å². The van der Waals surface area contributed by atoms with Gasteiger partial charge in [-0.3, -0.25) is 4.98 Å².